The molecule has 0 aromatic heterocycles. The third-order valence-electron chi connectivity index (χ3n) is 3.39. The fourth-order valence-corrected chi connectivity index (χ4v) is 2.83. The number of amides is 1. The molecule has 0 unspecified atom stereocenters. The fraction of sp³-hybridized carbons (Fsp3) is 0.105. The number of ether oxygens (including phenoxy) is 2. The molecule has 28 heavy (non-hydrogen) atoms. The number of nitrogens with one attached hydrogen (secondary N) is 1. The van der Waals surface area contributed by atoms with E-state index in [9.17, 15) is 14.9 Å². The summed E-state index contributed by atoms with van der Waals surface area (Å²) in [7, 11) is 1.45. The number of carboxylic acids is 1. The number of carbonyl (C=O) groups excluding carboxylic acids is 1. The lowest BCUT2D eigenvalue weighted by Gasteiger charge is -2.10. The first-order chi connectivity index (χ1) is 13.3. The molecule has 2 aromatic rings. The minimum absolute atomic E-state index is 0.145. The van der Waals surface area contributed by atoms with Gasteiger partial charge in [-0.05, 0) is 57.9 Å². The highest BCUT2D eigenvalue weighted by atomic mass is 79.9. The molecule has 0 bridgehead atoms. The average molecular weight is 466 g/mol. The van der Waals surface area contributed by atoms with Crippen LogP contribution < -0.4 is 14.8 Å². The van der Waals surface area contributed by atoms with Gasteiger partial charge in [-0.3, -0.25) is 4.79 Å². The van der Waals surface area contributed by atoms with Crippen molar-refractivity contribution in [3.8, 4) is 17.6 Å². The topological polar surface area (TPSA) is 109 Å². The van der Waals surface area contributed by atoms with Crippen molar-refractivity contribution in [2.75, 3.05) is 19.0 Å². The number of nitrogens with zero attached hydrogens (tertiary/aromatic N) is 1. The number of aliphatic carboxylic acids is 1. The Morgan fingerprint density at radius 1 is 1.29 bits per heavy atom. The van der Waals surface area contributed by atoms with Crippen LogP contribution in [-0.4, -0.2) is 30.7 Å². The van der Waals surface area contributed by atoms with Gasteiger partial charge >= 0.3 is 5.97 Å². The summed E-state index contributed by atoms with van der Waals surface area (Å²) in [5, 5.41) is 21.0. The molecule has 1 amide bonds. The molecule has 0 radical (unpaired) electrons. The molecule has 0 aliphatic rings. The van der Waals surface area contributed by atoms with E-state index in [0.29, 0.717) is 32.2 Å². The van der Waals surface area contributed by atoms with Gasteiger partial charge < -0.3 is 19.9 Å². The molecule has 2 N–H and O–H groups in total. The Bertz CT molecular complexity index is 985. The SMILES string of the molecule is COc1ccc(Cl)cc1NC(=O)/C(C#N)=C/c1ccc(OCC(=O)O)c(Br)c1. The van der Waals surface area contributed by atoms with Gasteiger partial charge in [-0.1, -0.05) is 17.7 Å². The number of methoxy groups -OCH3 is 1. The highest BCUT2D eigenvalue weighted by molar-refractivity contribution is 9.10. The second-order valence-corrected chi connectivity index (χ2v) is 6.63. The maximum absolute atomic E-state index is 12.5. The summed E-state index contributed by atoms with van der Waals surface area (Å²) in [6.07, 6.45) is 1.39. The molecule has 0 saturated carbocycles. The van der Waals surface area contributed by atoms with Gasteiger partial charge in [0.2, 0.25) is 0 Å². The van der Waals surface area contributed by atoms with E-state index < -0.39 is 18.5 Å². The summed E-state index contributed by atoms with van der Waals surface area (Å²) in [4.78, 5) is 23.0. The number of carbonyl (C=O) groups is 2. The molecule has 2 aromatic carbocycles. The van der Waals surface area contributed by atoms with Gasteiger partial charge in [0.15, 0.2) is 6.61 Å². The summed E-state index contributed by atoms with van der Waals surface area (Å²) in [5.41, 5.74) is 0.729. The molecule has 0 atom stereocenters. The van der Waals surface area contributed by atoms with Crippen molar-refractivity contribution in [2.24, 2.45) is 0 Å². The maximum Gasteiger partial charge on any atom is 0.341 e. The Balaban J connectivity index is 2.22. The highest BCUT2D eigenvalue weighted by Gasteiger charge is 2.13. The Morgan fingerprint density at radius 2 is 2.00 bits per heavy atom. The summed E-state index contributed by atoms with van der Waals surface area (Å²) in [6, 6.07) is 11.3. The third-order valence-corrected chi connectivity index (χ3v) is 4.25. The van der Waals surface area contributed by atoms with Crippen LogP contribution in [0.15, 0.2) is 46.4 Å². The molecule has 0 aliphatic carbocycles. The van der Waals surface area contributed by atoms with Crippen molar-refractivity contribution < 1.29 is 24.2 Å². The van der Waals surface area contributed by atoms with Crippen LogP contribution in [0.2, 0.25) is 5.02 Å². The van der Waals surface area contributed by atoms with Crippen molar-refractivity contribution in [1.82, 2.24) is 0 Å². The summed E-state index contributed by atoms with van der Waals surface area (Å²) < 4.78 is 10.8. The van der Waals surface area contributed by atoms with Crippen LogP contribution >= 0.6 is 27.5 Å². The van der Waals surface area contributed by atoms with Gasteiger partial charge in [0.1, 0.15) is 23.1 Å². The zero-order valence-electron chi connectivity index (χ0n) is 14.5. The number of hydrogen-bond donors (Lipinski definition) is 2. The quantitative estimate of drug-likeness (QED) is 0.470. The molecule has 2 rings (SSSR count). The predicted molar refractivity (Wildman–Crippen MR) is 107 cm³/mol. The van der Waals surface area contributed by atoms with Crippen LogP contribution in [0.25, 0.3) is 6.08 Å². The van der Waals surface area contributed by atoms with E-state index in [-0.39, 0.29) is 5.57 Å². The van der Waals surface area contributed by atoms with Crippen LogP contribution in [0.1, 0.15) is 5.56 Å². The Morgan fingerprint density at radius 3 is 2.61 bits per heavy atom. The number of rotatable bonds is 7. The summed E-state index contributed by atoms with van der Waals surface area (Å²) in [6.45, 7) is -0.485. The fourth-order valence-electron chi connectivity index (χ4n) is 2.15. The largest absolute Gasteiger partial charge is 0.495 e. The molecule has 144 valence electrons. The lowest BCUT2D eigenvalue weighted by atomic mass is 10.1. The van der Waals surface area contributed by atoms with Gasteiger partial charge in [-0.15, -0.1) is 0 Å². The first-order valence-corrected chi connectivity index (χ1v) is 8.92. The number of nitriles is 1. The lowest BCUT2D eigenvalue weighted by molar-refractivity contribution is -0.139. The van der Waals surface area contributed by atoms with Gasteiger partial charge in [0, 0.05) is 5.02 Å². The Labute approximate surface area is 174 Å². The number of anilines is 1. The van der Waals surface area contributed by atoms with E-state index in [0.717, 1.165) is 0 Å². The monoisotopic (exact) mass is 464 g/mol. The molecule has 0 heterocycles. The first kappa shape index (κ1) is 21.3. The molecule has 9 heteroatoms. The molecule has 7 nitrogen and oxygen atoms in total. The average Bonchev–Trinajstić information content (AvgIpc) is 2.65. The number of benzene rings is 2. The van der Waals surface area contributed by atoms with Crippen LogP contribution in [0.5, 0.6) is 11.5 Å². The number of halogens is 2. The molecule has 0 spiro atoms. The zero-order chi connectivity index (χ0) is 20.7. The molecule has 0 saturated heterocycles. The van der Waals surface area contributed by atoms with E-state index in [1.165, 1.54) is 25.3 Å². The first-order valence-electron chi connectivity index (χ1n) is 7.75. The molecule has 0 fully saturated rings. The van der Waals surface area contributed by atoms with E-state index in [2.05, 4.69) is 21.2 Å². The lowest BCUT2D eigenvalue weighted by Crippen LogP contribution is -2.14. The summed E-state index contributed by atoms with van der Waals surface area (Å²) >= 11 is 9.20. The van der Waals surface area contributed by atoms with Gasteiger partial charge in [-0.25, -0.2) is 4.79 Å². The van der Waals surface area contributed by atoms with Gasteiger partial charge in [-0.2, -0.15) is 5.26 Å². The molecular weight excluding hydrogens is 452 g/mol. The van der Waals surface area contributed by atoms with E-state index in [4.69, 9.17) is 26.2 Å². The minimum atomic E-state index is -1.10. The maximum atomic E-state index is 12.5. The van der Waals surface area contributed by atoms with Crippen molar-refractivity contribution in [3.63, 3.8) is 0 Å². The normalized spacial score (nSPS) is 10.7. The Hall–Kier alpha value is -3.02. The molecule has 0 aliphatic heterocycles. The van der Waals surface area contributed by atoms with Gasteiger partial charge in [0.05, 0.1) is 17.3 Å². The van der Waals surface area contributed by atoms with E-state index in [1.54, 1.807) is 24.3 Å². The van der Waals surface area contributed by atoms with Crippen molar-refractivity contribution in [1.29, 1.82) is 5.26 Å². The van der Waals surface area contributed by atoms with Crippen LogP contribution in [0, 0.1) is 11.3 Å². The van der Waals surface area contributed by atoms with E-state index in [1.807, 2.05) is 6.07 Å². The van der Waals surface area contributed by atoms with Crippen LogP contribution in [0.3, 0.4) is 0 Å². The second kappa shape index (κ2) is 9.78. The number of hydrogen-bond acceptors (Lipinski definition) is 5. The van der Waals surface area contributed by atoms with Crippen LogP contribution in [0.4, 0.5) is 5.69 Å². The third kappa shape index (κ3) is 5.74. The highest BCUT2D eigenvalue weighted by Crippen LogP contribution is 2.29. The molecular formula is C19H14BrClN2O5. The van der Waals surface area contributed by atoms with Crippen molar-refractivity contribution in [3.05, 3.63) is 57.0 Å². The van der Waals surface area contributed by atoms with E-state index >= 15 is 0 Å². The van der Waals surface area contributed by atoms with Gasteiger partial charge in [0.25, 0.3) is 5.91 Å². The Kier molecular flexibility index (Phi) is 7.44. The zero-order valence-corrected chi connectivity index (χ0v) is 16.9. The predicted octanol–water partition coefficient (Wildman–Crippen LogP) is 4.12. The van der Waals surface area contributed by atoms with Crippen molar-refractivity contribution >= 4 is 51.2 Å². The van der Waals surface area contributed by atoms with Crippen molar-refractivity contribution in [2.45, 2.75) is 0 Å². The number of carboxylic acid groups (broad SMARTS) is 1. The smallest absolute Gasteiger partial charge is 0.341 e. The minimum Gasteiger partial charge on any atom is -0.495 e. The standard InChI is InChI=1S/C19H14BrClN2O5/c1-27-17-5-3-13(21)8-15(17)23-19(26)12(9-22)6-11-2-4-16(14(20)7-11)28-10-18(24)25/h2-8H,10H2,1H3,(H,23,26)(H,24,25)/b12-6+. The van der Waals surface area contributed by atoms with Crippen LogP contribution in [-0.2, 0) is 9.59 Å². The summed E-state index contributed by atoms with van der Waals surface area (Å²) in [5.74, 6) is -1.01. The second-order valence-electron chi connectivity index (χ2n) is 5.34.